The second kappa shape index (κ2) is 8.01. The van der Waals surface area contributed by atoms with Gasteiger partial charge in [-0.05, 0) is 90.7 Å². The summed E-state index contributed by atoms with van der Waals surface area (Å²) in [6.07, 6.45) is 3.42. The number of ether oxygens (including phenoxy) is 1. The minimum atomic E-state index is 0.137. The second-order valence-corrected chi connectivity index (χ2v) is 7.53. The van der Waals surface area contributed by atoms with E-state index in [4.69, 9.17) is 4.74 Å². The van der Waals surface area contributed by atoms with Crippen molar-refractivity contribution in [2.45, 2.75) is 38.8 Å². The lowest BCUT2D eigenvalue weighted by Gasteiger charge is -2.33. The lowest BCUT2D eigenvalue weighted by molar-refractivity contribution is 0.0635. The van der Waals surface area contributed by atoms with E-state index in [1.54, 1.807) is 0 Å². The molecule has 0 unspecified atom stereocenters. The zero-order chi connectivity index (χ0) is 16.9. The summed E-state index contributed by atoms with van der Waals surface area (Å²) in [6, 6.07) is 16.1. The van der Waals surface area contributed by atoms with Gasteiger partial charge >= 0.3 is 0 Å². The standard InChI is InChI=1S/C20H22INO2/c1-15-5-2-3-12-22(15)20(23)17-7-4-6-16(13-17)14-24-19-10-8-18(21)9-11-19/h4,6-11,13,15H,2-3,5,12,14H2,1H3/t15-/m0/s1. The van der Waals surface area contributed by atoms with Crippen LogP contribution >= 0.6 is 22.6 Å². The maximum absolute atomic E-state index is 12.8. The van der Waals surface area contributed by atoms with Gasteiger partial charge in [-0.3, -0.25) is 4.79 Å². The van der Waals surface area contributed by atoms with Crippen LogP contribution < -0.4 is 4.74 Å². The van der Waals surface area contributed by atoms with Crippen LogP contribution in [0.3, 0.4) is 0 Å². The number of piperidine rings is 1. The van der Waals surface area contributed by atoms with Crippen LogP contribution in [0.2, 0.25) is 0 Å². The monoisotopic (exact) mass is 435 g/mol. The van der Waals surface area contributed by atoms with Crippen LogP contribution in [0.4, 0.5) is 0 Å². The molecule has 0 bridgehead atoms. The predicted octanol–water partition coefficient (Wildman–Crippen LogP) is 4.88. The molecule has 126 valence electrons. The Balaban J connectivity index is 1.67. The first-order valence-electron chi connectivity index (χ1n) is 8.42. The molecular formula is C20H22INO2. The topological polar surface area (TPSA) is 29.5 Å². The van der Waals surface area contributed by atoms with Gasteiger partial charge in [0.25, 0.3) is 5.91 Å². The fourth-order valence-electron chi connectivity index (χ4n) is 3.06. The molecule has 1 heterocycles. The minimum Gasteiger partial charge on any atom is -0.489 e. The molecule has 2 aromatic rings. The third kappa shape index (κ3) is 4.29. The molecule has 3 rings (SSSR count). The maximum Gasteiger partial charge on any atom is 0.254 e. The molecule has 1 aliphatic heterocycles. The van der Waals surface area contributed by atoms with E-state index in [1.807, 2.05) is 53.4 Å². The fraction of sp³-hybridized carbons (Fsp3) is 0.350. The summed E-state index contributed by atoms with van der Waals surface area (Å²) in [5.74, 6) is 0.982. The molecule has 1 aliphatic rings. The van der Waals surface area contributed by atoms with Crippen molar-refractivity contribution in [3.8, 4) is 5.75 Å². The van der Waals surface area contributed by atoms with Crippen LogP contribution in [0.15, 0.2) is 48.5 Å². The van der Waals surface area contributed by atoms with Crippen molar-refractivity contribution in [2.24, 2.45) is 0 Å². The van der Waals surface area contributed by atoms with Gasteiger partial charge in [0.1, 0.15) is 12.4 Å². The van der Waals surface area contributed by atoms with E-state index in [9.17, 15) is 4.79 Å². The Morgan fingerprint density at radius 3 is 2.75 bits per heavy atom. The fourth-order valence-corrected chi connectivity index (χ4v) is 3.42. The van der Waals surface area contributed by atoms with E-state index in [0.717, 1.165) is 36.3 Å². The number of hydrogen-bond acceptors (Lipinski definition) is 2. The highest BCUT2D eigenvalue weighted by Crippen LogP contribution is 2.20. The highest BCUT2D eigenvalue weighted by molar-refractivity contribution is 14.1. The molecule has 4 heteroatoms. The quantitative estimate of drug-likeness (QED) is 0.641. The summed E-state index contributed by atoms with van der Waals surface area (Å²) in [5, 5.41) is 0. The zero-order valence-electron chi connectivity index (χ0n) is 13.9. The SMILES string of the molecule is C[C@H]1CCCCN1C(=O)c1cccc(COc2ccc(I)cc2)c1. The van der Waals surface area contributed by atoms with Crippen LogP contribution in [-0.2, 0) is 6.61 Å². The van der Waals surface area contributed by atoms with Crippen LogP contribution in [0.1, 0.15) is 42.1 Å². The number of halogens is 1. The maximum atomic E-state index is 12.8. The Bertz CT molecular complexity index is 699. The molecular weight excluding hydrogens is 413 g/mol. The normalized spacial score (nSPS) is 17.6. The van der Waals surface area contributed by atoms with E-state index in [1.165, 1.54) is 9.99 Å². The molecule has 0 N–H and O–H groups in total. The van der Waals surface area contributed by atoms with Gasteiger partial charge in [0.15, 0.2) is 0 Å². The Kier molecular flexibility index (Phi) is 5.76. The van der Waals surface area contributed by atoms with Gasteiger partial charge in [-0.2, -0.15) is 0 Å². The average molecular weight is 435 g/mol. The van der Waals surface area contributed by atoms with Gasteiger partial charge in [0, 0.05) is 21.7 Å². The molecule has 0 saturated carbocycles. The molecule has 0 aliphatic carbocycles. The molecule has 0 radical (unpaired) electrons. The number of rotatable bonds is 4. The summed E-state index contributed by atoms with van der Waals surface area (Å²) in [4.78, 5) is 14.8. The van der Waals surface area contributed by atoms with Gasteiger partial charge < -0.3 is 9.64 Å². The highest BCUT2D eigenvalue weighted by atomic mass is 127. The summed E-state index contributed by atoms with van der Waals surface area (Å²) < 4.78 is 7.00. The van der Waals surface area contributed by atoms with Crippen molar-refractivity contribution in [1.29, 1.82) is 0 Å². The van der Waals surface area contributed by atoms with Crippen molar-refractivity contribution in [3.05, 3.63) is 63.2 Å². The van der Waals surface area contributed by atoms with Crippen LogP contribution in [0.25, 0.3) is 0 Å². The number of nitrogens with zero attached hydrogens (tertiary/aromatic N) is 1. The molecule has 1 saturated heterocycles. The number of likely N-dealkylation sites (tertiary alicyclic amines) is 1. The van der Waals surface area contributed by atoms with Crippen LogP contribution in [0, 0.1) is 3.57 Å². The predicted molar refractivity (Wildman–Crippen MR) is 104 cm³/mol. The van der Waals surface area contributed by atoms with Crippen molar-refractivity contribution < 1.29 is 9.53 Å². The molecule has 1 fully saturated rings. The number of amides is 1. The summed E-state index contributed by atoms with van der Waals surface area (Å²) in [6.45, 7) is 3.47. The first-order valence-corrected chi connectivity index (χ1v) is 9.49. The van der Waals surface area contributed by atoms with Gasteiger partial charge in [0.2, 0.25) is 0 Å². The molecule has 1 atom stereocenters. The molecule has 2 aromatic carbocycles. The van der Waals surface area contributed by atoms with Gasteiger partial charge in [-0.15, -0.1) is 0 Å². The Labute approximate surface area is 157 Å². The van der Waals surface area contributed by atoms with Crippen molar-refractivity contribution >= 4 is 28.5 Å². The van der Waals surface area contributed by atoms with Crippen LogP contribution in [-0.4, -0.2) is 23.4 Å². The largest absolute Gasteiger partial charge is 0.489 e. The molecule has 0 aromatic heterocycles. The summed E-state index contributed by atoms with van der Waals surface area (Å²) in [5.41, 5.74) is 1.77. The lowest BCUT2D eigenvalue weighted by atomic mass is 10.0. The van der Waals surface area contributed by atoms with E-state index in [0.29, 0.717) is 12.6 Å². The molecule has 0 spiro atoms. The van der Waals surface area contributed by atoms with Crippen LogP contribution in [0.5, 0.6) is 5.75 Å². The van der Waals surface area contributed by atoms with Gasteiger partial charge in [0.05, 0.1) is 0 Å². The highest BCUT2D eigenvalue weighted by Gasteiger charge is 2.24. The molecule has 1 amide bonds. The number of benzene rings is 2. The second-order valence-electron chi connectivity index (χ2n) is 6.29. The lowest BCUT2D eigenvalue weighted by Crippen LogP contribution is -2.42. The van der Waals surface area contributed by atoms with Gasteiger partial charge in [-0.25, -0.2) is 0 Å². The smallest absolute Gasteiger partial charge is 0.254 e. The first kappa shape index (κ1) is 17.3. The Morgan fingerprint density at radius 1 is 1.21 bits per heavy atom. The molecule has 3 nitrogen and oxygen atoms in total. The Morgan fingerprint density at radius 2 is 2.00 bits per heavy atom. The van der Waals surface area contributed by atoms with Crippen molar-refractivity contribution in [2.75, 3.05) is 6.54 Å². The third-order valence-corrected chi connectivity index (χ3v) is 5.18. The van der Waals surface area contributed by atoms with E-state index >= 15 is 0 Å². The van der Waals surface area contributed by atoms with Crippen molar-refractivity contribution in [3.63, 3.8) is 0 Å². The first-order chi connectivity index (χ1) is 11.6. The number of hydrogen-bond donors (Lipinski definition) is 0. The van der Waals surface area contributed by atoms with Gasteiger partial charge in [-0.1, -0.05) is 12.1 Å². The van der Waals surface area contributed by atoms with E-state index in [2.05, 4.69) is 29.5 Å². The summed E-state index contributed by atoms with van der Waals surface area (Å²) in [7, 11) is 0. The number of carbonyl (C=O) groups is 1. The average Bonchev–Trinajstić information content (AvgIpc) is 2.61. The third-order valence-electron chi connectivity index (χ3n) is 4.46. The van der Waals surface area contributed by atoms with E-state index in [-0.39, 0.29) is 5.91 Å². The molecule has 24 heavy (non-hydrogen) atoms. The van der Waals surface area contributed by atoms with Crippen molar-refractivity contribution in [1.82, 2.24) is 4.90 Å². The minimum absolute atomic E-state index is 0.137. The zero-order valence-corrected chi connectivity index (χ0v) is 16.0. The number of carbonyl (C=O) groups excluding carboxylic acids is 1. The summed E-state index contributed by atoms with van der Waals surface area (Å²) >= 11 is 2.27. The van der Waals surface area contributed by atoms with E-state index < -0.39 is 0 Å². The Hall–Kier alpha value is -1.56.